The van der Waals surface area contributed by atoms with Crippen molar-refractivity contribution in [3.63, 3.8) is 0 Å². The van der Waals surface area contributed by atoms with Crippen molar-refractivity contribution in [1.29, 1.82) is 0 Å². The second-order valence-electron chi connectivity index (χ2n) is 8.22. The van der Waals surface area contributed by atoms with E-state index in [2.05, 4.69) is 39.3 Å². The first-order valence-corrected chi connectivity index (χ1v) is 17.2. The highest BCUT2D eigenvalue weighted by Crippen LogP contribution is 2.19. The zero-order valence-electron chi connectivity index (χ0n) is 18.5. The fraction of sp³-hybridized carbons (Fsp3) is 1.00. The minimum atomic E-state index is -0.362. The van der Waals surface area contributed by atoms with Crippen LogP contribution in [0.4, 0.5) is 0 Å². The summed E-state index contributed by atoms with van der Waals surface area (Å²) in [5, 5.41) is 6.40. The van der Waals surface area contributed by atoms with Gasteiger partial charge in [-0.2, -0.15) is 0 Å². The smallest absolute Gasteiger partial charge is 0.106 e. The van der Waals surface area contributed by atoms with Crippen LogP contribution in [0.5, 0.6) is 0 Å². The third kappa shape index (κ3) is 25.3. The van der Waals surface area contributed by atoms with Crippen LogP contribution in [0, 0.1) is 0 Å². The zero-order valence-corrected chi connectivity index (χ0v) is 20.8. The summed E-state index contributed by atoms with van der Waals surface area (Å²) in [5.41, 5.74) is 0. The lowest BCUT2D eigenvalue weighted by atomic mass is 10.2. The molecule has 0 unspecified atom stereocenters. The molecule has 0 heterocycles. The normalized spacial score (nSPS) is 10.2. The molecule has 0 nitrogen and oxygen atoms in total. The van der Waals surface area contributed by atoms with E-state index in [1.807, 2.05) is 0 Å². The largest absolute Gasteiger partial charge is 0.261 e. The monoisotopic (exact) mass is 368 g/mol. The van der Waals surface area contributed by atoms with E-state index >= 15 is 0 Å². The summed E-state index contributed by atoms with van der Waals surface area (Å²) in [6.45, 7) is 9.23. The second kappa shape index (κ2) is 24.1. The summed E-state index contributed by atoms with van der Waals surface area (Å²) in [7, 11) is 0. The zero-order chi connectivity index (χ0) is 18.5. The standard InChI is InChI=1S/3C6H13.C2H5.2CH3.2Al/c3*1-3-5-6-4-2;1-2;;;;/h3*1,3-6H2,2H3;1H2,2H3;2*1H3;;. The van der Waals surface area contributed by atoms with Crippen LogP contribution in [-0.4, -0.2) is 28.3 Å². The van der Waals surface area contributed by atoms with Gasteiger partial charge >= 0.3 is 0 Å². The second-order valence-corrected chi connectivity index (χ2v) is 15.3. The first-order chi connectivity index (χ1) is 11.6. The van der Waals surface area contributed by atoms with Gasteiger partial charge in [0, 0.05) is 0 Å². The van der Waals surface area contributed by atoms with Crippen molar-refractivity contribution < 1.29 is 0 Å². The molecule has 0 spiro atoms. The Balaban J connectivity index is 0. The highest BCUT2D eigenvalue weighted by Gasteiger charge is 2.15. The van der Waals surface area contributed by atoms with Gasteiger partial charge in [-0.1, -0.05) is 126 Å². The summed E-state index contributed by atoms with van der Waals surface area (Å²) in [6, 6.07) is 0. The van der Waals surface area contributed by atoms with Gasteiger partial charge in [-0.15, -0.1) is 11.6 Å². The van der Waals surface area contributed by atoms with Crippen molar-refractivity contribution in [3.05, 3.63) is 0 Å². The van der Waals surface area contributed by atoms with Gasteiger partial charge in [0.2, 0.25) is 0 Å². The number of unbranched alkanes of at least 4 members (excludes halogenated alkanes) is 9. The van der Waals surface area contributed by atoms with Crippen molar-refractivity contribution >= 4 is 28.3 Å². The fourth-order valence-electron chi connectivity index (χ4n) is 3.01. The van der Waals surface area contributed by atoms with Crippen molar-refractivity contribution in [2.75, 3.05) is 0 Å². The first kappa shape index (κ1) is 27.3. The third-order valence-corrected chi connectivity index (χ3v) is 10.5. The lowest BCUT2D eigenvalue weighted by molar-refractivity contribution is 0.672. The number of rotatable bonds is 16. The molecule has 0 aromatic heterocycles. The Labute approximate surface area is 165 Å². The number of hydrogen-bond donors (Lipinski definition) is 0. The van der Waals surface area contributed by atoms with Gasteiger partial charge in [0.15, 0.2) is 0 Å². The van der Waals surface area contributed by atoms with E-state index in [1.165, 1.54) is 63.1 Å². The van der Waals surface area contributed by atoms with Crippen molar-refractivity contribution in [2.45, 2.75) is 137 Å². The van der Waals surface area contributed by atoms with Gasteiger partial charge in [0.05, 0.1) is 0 Å². The highest BCUT2D eigenvalue weighted by atomic mass is 27.2. The molecule has 0 saturated carbocycles. The summed E-state index contributed by atoms with van der Waals surface area (Å²) in [4.78, 5) is 0. The van der Waals surface area contributed by atoms with Crippen LogP contribution in [0.3, 0.4) is 0 Å². The third-order valence-electron chi connectivity index (χ3n) is 5.21. The Morgan fingerprint density at radius 1 is 0.458 bits per heavy atom. The van der Waals surface area contributed by atoms with E-state index in [-0.39, 0.29) is 28.3 Å². The molecule has 0 atom stereocenters. The molecule has 24 heavy (non-hydrogen) atoms. The van der Waals surface area contributed by atoms with Crippen LogP contribution >= 0.6 is 0 Å². The van der Waals surface area contributed by atoms with Crippen LogP contribution in [0.25, 0.3) is 0 Å². The molecule has 0 aliphatic heterocycles. The average Bonchev–Trinajstić information content (AvgIpc) is 2.59. The quantitative estimate of drug-likeness (QED) is 0.188. The fourth-order valence-corrected chi connectivity index (χ4v) is 6.48. The Hall–Kier alpha value is 1.06. The van der Waals surface area contributed by atoms with E-state index in [0.29, 0.717) is 0 Å². The molecule has 0 aliphatic rings. The Kier molecular flexibility index (Phi) is 27.4. The minimum absolute atomic E-state index is 0.150. The van der Waals surface area contributed by atoms with Crippen LogP contribution < -0.4 is 0 Å². The van der Waals surface area contributed by atoms with E-state index in [1.54, 1.807) is 35.1 Å². The molecule has 0 amide bonds. The van der Waals surface area contributed by atoms with Gasteiger partial charge in [0.25, 0.3) is 28.3 Å². The molecule has 144 valence electrons. The van der Waals surface area contributed by atoms with Crippen molar-refractivity contribution in [2.24, 2.45) is 0 Å². The molecule has 0 fully saturated rings. The van der Waals surface area contributed by atoms with Crippen molar-refractivity contribution in [1.82, 2.24) is 0 Å². The maximum absolute atomic E-state index is 2.36. The molecule has 0 bridgehead atoms. The molecular formula is C22H50Al2. The lowest BCUT2D eigenvalue weighted by Gasteiger charge is -2.11. The minimum Gasteiger partial charge on any atom is -0.106 e. The Bertz CT molecular complexity index is 176. The van der Waals surface area contributed by atoms with Crippen LogP contribution in [0.1, 0.15) is 105 Å². The van der Waals surface area contributed by atoms with E-state index in [4.69, 9.17) is 0 Å². The average molecular weight is 369 g/mol. The molecule has 0 saturated heterocycles. The molecule has 0 aliphatic carbocycles. The van der Waals surface area contributed by atoms with Crippen LogP contribution in [-0.2, 0) is 0 Å². The summed E-state index contributed by atoms with van der Waals surface area (Å²) < 4.78 is 0. The van der Waals surface area contributed by atoms with Gasteiger partial charge in [-0.05, 0) is 0 Å². The lowest BCUT2D eigenvalue weighted by Crippen LogP contribution is -2.11. The molecule has 0 rings (SSSR count). The van der Waals surface area contributed by atoms with Gasteiger partial charge in [-0.3, -0.25) is 0 Å². The molecule has 0 aromatic carbocycles. The van der Waals surface area contributed by atoms with Crippen LogP contribution in [0.2, 0.25) is 32.7 Å². The first-order valence-electron chi connectivity index (χ1n) is 11.6. The maximum atomic E-state index is 2.36. The van der Waals surface area contributed by atoms with Gasteiger partial charge in [-0.25, -0.2) is 0 Å². The highest BCUT2D eigenvalue weighted by molar-refractivity contribution is 6.58. The van der Waals surface area contributed by atoms with E-state index in [9.17, 15) is 0 Å². The molecule has 0 aromatic rings. The molecule has 2 heteroatoms. The SMILES string of the molecule is CCCCC[CH2][Al]([CH2]CCCCC)[CH2]CCCCC.C[CH2][Al]([CH3])[CH3]. The van der Waals surface area contributed by atoms with Gasteiger partial charge in [0.1, 0.15) is 0 Å². The topological polar surface area (TPSA) is 0 Å². The maximum Gasteiger partial charge on any atom is 0.261 e. The summed E-state index contributed by atoms with van der Waals surface area (Å²) in [6.07, 6.45) is 17.7. The molecular weight excluding hydrogens is 318 g/mol. The number of hydrogen-bond acceptors (Lipinski definition) is 0. The van der Waals surface area contributed by atoms with Gasteiger partial charge < -0.3 is 0 Å². The Morgan fingerprint density at radius 3 is 0.958 bits per heavy atom. The molecule has 0 radical (unpaired) electrons. The van der Waals surface area contributed by atoms with E-state index in [0.717, 1.165) is 0 Å². The predicted octanol–water partition coefficient (Wildman–Crippen LogP) is 8.98. The predicted molar refractivity (Wildman–Crippen MR) is 121 cm³/mol. The summed E-state index contributed by atoms with van der Waals surface area (Å²) >= 11 is -0.511. The molecule has 0 N–H and O–H groups in total. The van der Waals surface area contributed by atoms with Crippen molar-refractivity contribution in [3.8, 4) is 0 Å². The van der Waals surface area contributed by atoms with Crippen LogP contribution in [0.15, 0.2) is 0 Å². The van der Waals surface area contributed by atoms with E-state index < -0.39 is 0 Å². The summed E-state index contributed by atoms with van der Waals surface area (Å²) in [5.74, 6) is 4.72. The Morgan fingerprint density at radius 2 is 0.750 bits per heavy atom.